The van der Waals surface area contributed by atoms with E-state index in [1.54, 1.807) is 17.1 Å². The molecular formula is C24H22N8O. The Balaban J connectivity index is 1.36. The molecule has 0 fully saturated rings. The molecule has 9 heteroatoms. The predicted molar refractivity (Wildman–Crippen MR) is 123 cm³/mol. The first-order valence-electron chi connectivity index (χ1n) is 10.8. The molecule has 9 nitrogen and oxygen atoms in total. The highest BCUT2D eigenvalue weighted by atomic mass is 16.5. The lowest BCUT2D eigenvalue weighted by atomic mass is 9.93. The van der Waals surface area contributed by atoms with Crippen molar-refractivity contribution >= 4 is 17.4 Å². The minimum absolute atomic E-state index is 0.0344. The second kappa shape index (κ2) is 7.70. The lowest BCUT2D eigenvalue weighted by molar-refractivity contribution is 0.154. The maximum Gasteiger partial charge on any atom is 0.228 e. The molecule has 1 aliphatic heterocycles. The van der Waals surface area contributed by atoms with Crippen LogP contribution in [0.5, 0.6) is 5.88 Å². The van der Waals surface area contributed by atoms with Gasteiger partial charge in [-0.05, 0) is 31.0 Å². The molecule has 1 aromatic carbocycles. The highest BCUT2D eigenvalue weighted by Crippen LogP contribution is 2.36. The van der Waals surface area contributed by atoms with Crippen molar-refractivity contribution in [3.63, 3.8) is 0 Å². The molecule has 0 saturated heterocycles. The van der Waals surface area contributed by atoms with Crippen LogP contribution in [-0.4, -0.2) is 40.5 Å². The first kappa shape index (κ1) is 19.4. The Kier molecular flexibility index (Phi) is 4.53. The van der Waals surface area contributed by atoms with Gasteiger partial charge in [0, 0.05) is 30.9 Å². The van der Waals surface area contributed by atoms with Crippen LogP contribution in [0.3, 0.4) is 0 Å². The number of nitrogens with one attached hydrogen (secondary N) is 1. The average Bonchev–Trinajstić information content (AvgIpc) is 3.44. The van der Waals surface area contributed by atoms with E-state index >= 15 is 0 Å². The van der Waals surface area contributed by atoms with Crippen molar-refractivity contribution in [3.05, 3.63) is 78.4 Å². The molecule has 1 N–H and O–H groups in total. The van der Waals surface area contributed by atoms with E-state index in [-0.39, 0.29) is 12.0 Å². The third-order valence-corrected chi connectivity index (χ3v) is 6.01. The Bertz CT molecular complexity index is 1440. The molecule has 0 spiro atoms. The second-order valence-electron chi connectivity index (χ2n) is 8.18. The van der Waals surface area contributed by atoms with E-state index in [1.165, 1.54) is 5.56 Å². The minimum Gasteiger partial charge on any atom is -0.475 e. The van der Waals surface area contributed by atoms with Crippen LogP contribution in [0.25, 0.3) is 16.9 Å². The van der Waals surface area contributed by atoms with E-state index in [1.807, 2.05) is 41.8 Å². The molecule has 33 heavy (non-hydrogen) atoms. The maximum absolute atomic E-state index is 6.35. The van der Waals surface area contributed by atoms with Crippen molar-refractivity contribution in [1.29, 1.82) is 0 Å². The molecule has 2 atom stereocenters. The molecular weight excluding hydrogens is 416 g/mol. The minimum atomic E-state index is -0.0344. The summed E-state index contributed by atoms with van der Waals surface area (Å²) >= 11 is 0. The highest BCUT2D eigenvalue weighted by Gasteiger charge is 2.32. The van der Waals surface area contributed by atoms with Gasteiger partial charge in [-0.15, -0.1) is 10.2 Å². The van der Waals surface area contributed by atoms with Gasteiger partial charge in [-0.2, -0.15) is 5.10 Å². The molecule has 164 valence electrons. The average molecular weight is 438 g/mol. The number of nitrogens with zero attached hydrogens (tertiary/aromatic N) is 7. The molecule has 0 aliphatic carbocycles. The van der Waals surface area contributed by atoms with Crippen LogP contribution in [0.1, 0.15) is 24.2 Å². The number of hydrogen-bond acceptors (Lipinski definition) is 7. The van der Waals surface area contributed by atoms with Gasteiger partial charge in [0.25, 0.3) is 0 Å². The lowest BCUT2D eigenvalue weighted by Gasteiger charge is -2.29. The van der Waals surface area contributed by atoms with Gasteiger partial charge in [0.2, 0.25) is 11.8 Å². The Morgan fingerprint density at radius 2 is 1.91 bits per heavy atom. The summed E-state index contributed by atoms with van der Waals surface area (Å²) < 4.78 is 10.1. The molecule has 0 saturated carbocycles. The topological polar surface area (TPSA) is 95.0 Å². The van der Waals surface area contributed by atoms with Crippen molar-refractivity contribution < 1.29 is 4.74 Å². The maximum atomic E-state index is 6.35. The number of pyridine rings is 1. The fraction of sp³-hybridized carbons (Fsp3) is 0.208. The highest BCUT2D eigenvalue weighted by molar-refractivity contribution is 5.67. The Morgan fingerprint density at radius 1 is 1.03 bits per heavy atom. The van der Waals surface area contributed by atoms with Gasteiger partial charge in [0.1, 0.15) is 17.7 Å². The van der Waals surface area contributed by atoms with Gasteiger partial charge >= 0.3 is 0 Å². The van der Waals surface area contributed by atoms with Gasteiger partial charge in [-0.1, -0.05) is 30.3 Å². The normalized spacial score (nSPS) is 17.2. The third-order valence-electron chi connectivity index (χ3n) is 6.01. The van der Waals surface area contributed by atoms with Gasteiger partial charge in [0.05, 0.1) is 17.8 Å². The molecule has 1 unspecified atom stereocenters. The summed E-state index contributed by atoms with van der Waals surface area (Å²) in [6, 6.07) is 18.1. The van der Waals surface area contributed by atoms with Gasteiger partial charge in [-0.3, -0.25) is 4.68 Å². The SMILES string of the molecule is C[C@H]1Oc2cc(-c3ccnc(Nc4ccnn4C)n3)cc3nnc(n23)C1Cc1ccccc1. The van der Waals surface area contributed by atoms with Crippen molar-refractivity contribution in [1.82, 2.24) is 34.3 Å². The van der Waals surface area contributed by atoms with Crippen LogP contribution in [0, 0.1) is 0 Å². The summed E-state index contributed by atoms with van der Waals surface area (Å²) in [7, 11) is 1.86. The Morgan fingerprint density at radius 3 is 2.73 bits per heavy atom. The molecule has 5 heterocycles. The van der Waals surface area contributed by atoms with Crippen LogP contribution >= 0.6 is 0 Å². The first-order valence-corrected chi connectivity index (χ1v) is 10.8. The number of aryl methyl sites for hydroxylation is 1. The van der Waals surface area contributed by atoms with E-state index in [0.717, 1.165) is 40.8 Å². The number of benzene rings is 1. The van der Waals surface area contributed by atoms with Crippen LogP contribution in [0.15, 0.2) is 67.0 Å². The van der Waals surface area contributed by atoms with E-state index in [9.17, 15) is 0 Å². The molecule has 0 bridgehead atoms. The Labute approximate surface area is 190 Å². The monoisotopic (exact) mass is 438 g/mol. The van der Waals surface area contributed by atoms with Crippen LogP contribution in [0.4, 0.5) is 11.8 Å². The summed E-state index contributed by atoms with van der Waals surface area (Å²) in [6.07, 6.45) is 4.26. The van der Waals surface area contributed by atoms with Gasteiger partial charge < -0.3 is 10.1 Å². The summed E-state index contributed by atoms with van der Waals surface area (Å²) in [4.78, 5) is 9.01. The zero-order valence-electron chi connectivity index (χ0n) is 18.3. The second-order valence-corrected chi connectivity index (χ2v) is 8.18. The van der Waals surface area contributed by atoms with Gasteiger partial charge in [0.15, 0.2) is 5.65 Å². The van der Waals surface area contributed by atoms with Crippen molar-refractivity contribution in [2.24, 2.45) is 7.05 Å². The molecule has 0 amide bonds. The Hall–Kier alpha value is -4.27. The van der Waals surface area contributed by atoms with E-state index in [0.29, 0.717) is 5.95 Å². The fourth-order valence-electron chi connectivity index (χ4n) is 4.28. The van der Waals surface area contributed by atoms with Gasteiger partial charge in [-0.25, -0.2) is 14.4 Å². The number of ether oxygens (including phenoxy) is 1. The number of aromatic nitrogens is 7. The zero-order valence-corrected chi connectivity index (χ0v) is 18.3. The molecule has 0 radical (unpaired) electrons. The summed E-state index contributed by atoms with van der Waals surface area (Å²) in [5.41, 5.74) is 3.65. The number of anilines is 2. The third kappa shape index (κ3) is 3.47. The summed E-state index contributed by atoms with van der Waals surface area (Å²) in [6.45, 7) is 2.09. The molecule has 5 aromatic rings. The quantitative estimate of drug-likeness (QED) is 0.446. The standard InChI is InChI=1S/C24H22N8O/c1-15-18(12-16-6-4-3-5-7-16)23-30-29-21-13-17(14-22(33-15)32(21)23)19-8-10-25-24(27-19)28-20-9-11-26-31(20)2/h3-11,13-15,18H,12H2,1-2H3,(H,25,27,28)/t15-,18?/m1/s1. The zero-order chi connectivity index (χ0) is 22.4. The summed E-state index contributed by atoms with van der Waals surface area (Å²) in [5.74, 6) is 3.06. The van der Waals surface area contributed by atoms with E-state index in [4.69, 9.17) is 4.74 Å². The van der Waals surface area contributed by atoms with E-state index in [2.05, 4.69) is 61.8 Å². The number of hydrogen-bond donors (Lipinski definition) is 1. The molecule has 6 rings (SSSR count). The van der Waals surface area contributed by atoms with Crippen molar-refractivity contribution in [2.75, 3.05) is 5.32 Å². The molecule has 1 aliphatic rings. The summed E-state index contributed by atoms with van der Waals surface area (Å²) in [5, 5.41) is 16.4. The predicted octanol–water partition coefficient (Wildman–Crippen LogP) is 3.77. The first-order chi connectivity index (χ1) is 16.2. The van der Waals surface area contributed by atoms with Crippen molar-refractivity contribution in [3.8, 4) is 17.1 Å². The van der Waals surface area contributed by atoms with Crippen LogP contribution in [0.2, 0.25) is 0 Å². The molecule has 4 aromatic heterocycles. The van der Waals surface area contributed by atoms with E-state index < -0.39 is 0 Å². The van der Waals surface area contributed by atoms with Crippen LogP contribution in [-0.2, 0) is 13.5 Å². The lowest BCUT2D eigenvalue weighted by Crippen LogP contribution is -2.30. The smallest absolute Gasteiger partial charge is 0.228 e. The van der Waals surface area contributed by atoms with Crippen LogP contribution < -0.4 is 10.1 Å². The largest absolute Gasteiger partial charge is 0.475 e. The van der Waals surface area contributed by atoms with Crippen molar-refractivity contribution in [2.45, 2.75) is 25.4 Å². The fourth-order valence-corrected chi connectivity index (χ4v) is 4.28. The number of rotatable bonds is 5.